The fourth-order valence-electron chi connectivity index (χ4n) is 2.60. The fourth-order valence-corrected chi connectivity index (χ4v) is 3.56. The van der Waals surface area contributed by atoms with E-state index in [4.69, 9.17) is 14.2 Å². The van der Waals surface area contributed by atoms with Crippen LogP contribution in [0.2, 0.25) is 0 Å². The Morgan fingerprint density at radius 3 is 2.72 bits per heavy atom. The Balaban J connectivity index is 1.79. The summed E-state index contributed by atoms with van der Waals surface area (Å²) in [6.07, 6.45) is 1.84. The summed E-state index contributed by atoms with van der Waals surface area (Å²) < 4.78 is 16.6. The maximum Gasteiger partial charge on any atom is 0.286 e. The molecule has 3 rings (SSSR count). The first-order chi connectivity index (χ1) is 12.2. The van der Waals surface area contributed by atoms with Crippen LogP contribution >= 0.6 is 11.8 Å². The summed E-state index contributed by atoms with van der Waals surface area (Å²) in [5, 5.41) is 0.753. The standard InChI is InChI=1S/C18H22N2O4S/c1-3-23-14-6-5-13(15(12-14)24-4-2)11-16-17(21)19-18(25-16)20-7-9-22-10-8-20/h5-6,11-12H,3-4,7-10H2,1-2H3/b16-11-. The molecule has 0 saturated carbocycles. The van der Waals surface area contributed by atoms with E-state index in [1.165, 1.54) is 11.8 Å². The van der Waals surface area contributed by atoms with Gasteiger partial charge in [-0.15, -0.1) is 0 Å². The van der Waals surface area contributed by atoms with Crippen molar-refractivity contribution in [1.82, 2.24) is 4.90 Å². The average Bonchev–Trinajstić information content (AvgIpc) is 2.99. The van der Waals surface area contributed by atoms with E-state index in [0.717, 1.165) is 29.6 Å². The molecule has 0 radical (unpaired) electrons. The van der Waals surface area contributed by atoms with Crippen molar-refractivity contribution < 1.29 is 19.0 Å². The predicted octanol–water partition coefficient (Wildman–Crippen LogP) is 2.79. The van der Waals surface area contributed by atoms with Gasteiger partial charge in [-0.2, -0.15) is 4.99 Å². The van der Waals surface area contributed by atoms with E-state index in [-0.39, 0.29) is 5.91 Å². The Morgan fingerprint density at radius 1 is 1.24 bits per heavy atom. The number of aliphatic imine (C=N–C) groups is 1. The molecule has 134 valence electrons. The van der Waals surface area contributed by atoms with Crippen molar-refractivity contribution in [3.63, 3.8) is 0 Å². The molecule has 1 aromatic carbocycles. The molecule has 1 fully saturated rings. The van der Waals surface area contributed by atoms with E-state index in [1.54, 1.807) is 0 Å². The number of amidine groups is 1. The molecule has 2 aliphatic heterocycles. The lowest BCUT2D eigenvalue weighted by Gasteiger charge is -2.27. The van der Waals surface area contributed by atoms with Crippen LogP contribution in [0.3, 0.4) is 0 Å². The third kappa shape index (κ3) is 4.35. The minimum Gasteiger partial charge on any atom is -0.494 e. The summed E-state index contributed by atoms with van der Waals surface area (Å²) >= 11 is 1.41. The molecule has 0 unspecified atom stereocenters. The Morgan fingerprint density at radius 2 is 2.00 bits per heavy atom. The molecule has 1 saturated heterocycles. The van der Waals surface area contributed by atoms with Crippen LogP contribution in [0.25, 0.3) is 6.08 Å². The highest BCUT2D eigenvalue weighted by molar-refractivity contribution is 8.18. The van der Waals surface area contributed by atoms with Crippen LogP contribution in [0.1, 0.15) is 19.4 Å². The quantitative estimate of drug-likeness (QED) is 0.751. The summed E-state index contributed by atoms with van der Waals surface area (Å²) in [5.74, 6) is 1.25. The van der Waals surface area contributed by atoms with Gasteiger partial charge in [-0.25, -0.2) is 0 Å². The molecule has 0 N–H and O–H groups in total. The van der Waals surface area contributed by atoms with Crippen LogP contribution in [0.4, 0.5) is 0 Å². The number of thioether (sulfide) groups is 1. The second kappa shape index (κ2) is 8.40. The predicted molar refractivity (Wildman–Crippen MR) is 99.2 cm³/mol. The summed E-state index contributed by atoms with van der Waals surface area (Å²) in [6, 6.07) is 5.64. The molecule has 6 nitrogen and oxygen atoms in total. The Labute approximate surface area is 151 Å². The number of benzene rings is 1. The van der Waals surface area contributed by atoms with Gasteiger partial charge in [-0.1, -0.05) is 0 Å². The molecular weight excluding hydrogens is 340 g/mol. The van der Waals surface area contributed by atoms with Crippen LogP contribution < -0.4 is 9.47 Å². The summed E-state index contributed by atoms with van der Waals surface area (Å²) in [6.45, 7) is 7.87. The maximum atomic E-state index is 12.3. The van der Waals surface area contributed by atoms with E-state index in [0.29, 0.717) is 37.1 Å². The number of ether oxygens (including phenoxy) is 3. The third-order valence-electron chi connectivity index (χ3n) is 3.77. The molecule has 0 atom stereocenters. The number of carbonyl (C=O) groups is 1. The Bertz CT molecular complexity index is 696. The van der Waals surface area contributed by atoms with Crippen LogP contribution in [-0.2, 0) is 9.53 Å². The maximum absolute atomic E-state index is 12.3. The molecule has 7 heteroatoms. The van der Waals surface area contributed by atoms with E-state index in [9.17, 15) is 4.79 Å². The minimum atomic E-state index is -0.206. The van der Waals surface area contributed by atoms with Gasteiger partial charge in [0.05, 0.1) is 31.3 Å². The van der Waals surface area contributed by atoms with Gasteiger partial charge in [0, 0.05) is 24.7 Å². The van der Waals surface area contributed by atoms with Gasteiger partial charge in [-0.3, -0.25) is 4.79 Å². The van der Waals surface area contributed by atoms with Gasteiger partial charge in [0.1, 0.15) is 11.5 Å². The van der Waals surface area contributed by atoms with Crippen molar-refractivity contribution in [2.24, 2.45) is 4.99 Å². The lowest BCUT2D eigenvalue weighted by molar-refractivity contribution is -0.113. The third-order valence-corrected chi connectivity index (χ3v) is 4.82. The topological polar surface area (TPSA) is 60.4 Å². The molecule has 1 amide bonds. The highest BCUT2D eigenvalue weighted by Gasteiger charge is 2.27. The van der Waals surface area contributed by atoms with Crippen LogP contribution in [-0.4, -0.2) is 55.5 Å². The van der Waals surface area contributed by atoms with Crippen molar-refractivity contribution >= 4 is 28.9 Å². The van der Waals surface area contributed by atoms with Gasteiger partial charge >= 0.3 is 0 Å². The first-order valence-electron chi connectivity index (χ1n) is 8.46. The molecule has 0 aliphatic carbocycles. The lowest BCUT2D eigenvalue weighted by atomic mass is 10.1. The van der Waals surface area contributed by atoms with Gasteiger partial charge < -0.3 is 19.1 Å². The molecular formula is C18H22N2O4S. The van der Waals surface area contributed by atoms with E-state index < -0.39 is 0 Å². The van der Waals surface area contributed by atoms with E-state index >= 15 is 0 Å². The second-order valence-corrected chi connectivity index (χ2v) is 6.48. The van der Waals surface area contributed by atoms with Gasteiger partial charge in [0.2, 0.25) is 0 Å². The normalized spacial score (nSPS) is 19.3. The van der Waals surface area contributed by atoms with Crippen molar-refractivity contribution in [2.75, 3.05) is 39.5 Å². The van der Waals surface area contributed by atoms with E-state index in [1.807, 2.05) is 38.1 Å². The lowest BCUT2D eigenvalue weighted by Crippen LogP contribution is -2.38. The number of nitrogens with zero attached hydrogens (tertiary/aromatic N) is 2. The van der Waals surface area contributed by atoms with Crippen molar-refractivity contribution in [2.45, 2.75) is 13.8 Å². The SMILES string of the molecule is CCOc1ccc(/C=C2\SC(N3CCOCC3)=NC2=O)c(OCC)c1. The van der Waals surface area contributed by atoms with E-state index in [2.05, 4.69) is 9.89 Å². The van der Waals surface area contributed by atoms with Crippen LogP contribution in [0, 0.1) is 0 Å². The van der Waals surface area contributed by atoms with Crippen LogP contribution in [0.15, 0.2) is 28.1 Å². The Hall–Kier alpha value is -1.99. The molecule has 0 spiro atoms. The minimum absolute atomic E-state index is 0.206. The molecule has 0 aromatic heterocycles. The number of hydrogen-bond donors (Lipinski definition) is 0. The monoisotopic (exact) mass is 362 g/mol. The van der Waals surface area contributed by atoms with Gasteiger partial charge in [-0.05, 0) is 43.8 Å². The Kier molecular flexibility index (Phi) is 5.99. The largest absolute Gasteiger partial charge is 0.494 e. The first-order valence-corrected chi connectivity index (χ1v) is 9.27. The smallest absolute Gasteiger partial charge is 0.286 e. The van der Waals surface area contributed by atoms with Crippen molar-refractivity contribution in [3.8, 4) is 11.5 Å². The van der Waals surface area contributed by atoms with Crippen molar-refractivity contribution in [3.05, 3.63) is 28.7 Å². The molecule has 2 heterocycles. The first kappa shape index (κ1) is 17.8. The number of morpholine rings is 1. The number of carbonyl (C=O) groups excluding carboxylic acids is 1. The number of hydrogen-bond acceptors (Lipinski definition) is 6. The van der Waals surface area contributed by atoms with Gasteiger partial charge in [0.25, 0.3) is 5.91 Å². The van der Waals surface area contributed by atoms with Crippen molar-refractivity contribution in [1.29, 1.82) is 0 Å². The summed E-state index contributed by atoms with van der Waals surface area (Å²) in [5.41, 5.74) is 0.847. The molecule has 0 bridgehead atoms. The zero-order valence-corrected chi connectivity index (χ0v) is 15.3. The van der Waals surface area contributed by atoms with Gasteiger partial charge in [0.15, 0.2) is 5.17 Å². The van der Waals surface area contributed by atoms with Crippen LogP contribution in [0.5, 0.6) is 11.5 Å². The number of amides is 1. The fraction of sp³-hybridized carbons (Fsp3) is 0.444. The number of rotatable bonds is 5. The second-order valence-electron chi connectivity index (χ2n) is 5.48. The average molecular weight is 362 g/mol. The molecule has 25 heavy (non-hydrogen) atoms. The highest BCUT2D eigenvalue weighted by atomic mass is 32.2. The highest BCUT2D eigenvalue weighted by Crippen LogP contribution is 2.34. The zero-order valence-electron chi connectivity index (χ0n) is 14.5. The summed E-state index contributed by atoms with van der Waals surface area (Å²) in [4.78, 5) is 19.2. The zero-order chi connectivity index (χ0) is 17.6. The molecule has 1 aromatic rings. The summed E-state index contributed by atoms with van der Waals surface area (Å²) in [7, 11) is 0. The molecule has 2 aliphatic rings.